The van der Waals surface area contributed by atoms with Crippen molar-refractivity contribution in [1.29, 1.82) is 0 Å². The predicted octanol–water partition coefficient (Wildman–Crippen LogP) is 4.61. The van der Waals surface area contributed by atoms with E-state index in [0.717, 1.165) is 5.39 Å². The third-order valence-electron chi connectivity index (χ3n) is 5.16. The second-order valence-electron chi connectivity index (χ2n) is 6.93. The molecule has 0 spiro atoms. The predicted molar refractivity (Wildman–Crippen MR) is 111 cm³/mol. The fourth-order valence-corrected chi connectivity index (χ4v) is 3.78. The molecule has 1 atom stereocenters. The van der Waals surface area contributed by atoms with E-state index in [2.05, 4.69) is 4.98 Å². The zero-order valence-electron chi connectivity index (χ0n) is 15.7. The summed E-state index contributed by atoms with van der Waals surface area (Å²) < 4.78 is 5.71. The Kier molecular flexibility index (Phi) is 4.17. The van der Waals surface area contributed by atoms with Crippen LogP contribution in [-0.4, -0.2) is 21.8 Å². The van der Waals surface area contributed by atoms with Crippen LogP contribution in [0.5, 0.6) is 0 Å². The van der Waals surface area contributed by atoms with Crippen molar-refractivity contribution in [1.82, 2.24) is 4.98 Å². The first-order valence-corrected chi connectivity index (χ1v) is 9.40. The van der Waals surface area contributed by atoms with Gasteiger partial charge in [-0.15, -0.1) is 0 Å². The van der Waals surface area contributed by atoms with E-state index in [4.69, 9.17) is 4.42 Å². The lowest BCUT2D eigenvalue weighted by atomic mass is 9.95. The molecule has 2 aromatic heterocycles. The Morgan fingerprint density at radius 1 is 0.967 bits per heavy atom. The number of nitrogens with zero attached hydrogens (tertiary/aromatic N) is 2. The number of furan rings is 1. The highest BCUT2D eigenvalue weighted by Crippen LogP contribution is 2.42. The Morgan fingerprint density at radius 3 is 2.40 bits per heavy atom. The van der Waals surface area contributed by atoms with Crippen LogP contribution in [0.15, 0.2) is 101 Å². The molecular weight excluding hydrogens is 380 g/mol. The van der Waals surface area contributed by atoms with E-state index in [1.807, 2.05) is 24.3 Å². The van der Waals surface area contributed by atoms with E-state index in [9.17, 15) is 14.7 Å². The van der Waals surface area contributed by atoms with Crippen LogP contribution in [0.3, 0.4) is 0 Å². The van der Waals surface area contributed by atoms with Crippen LogP contribution < -0.4 is 4.90 Å². The summed E-state index contributed by atoms with van der Waals surface area (Å²) in [5.41, 5.74) is 1.77. The topological polar surface area (TPSA) is 83.6 Å². The maximum absolute atomic E-state index is 13.4. The number of carbonyl (C=O) groups is 2. The van der Waals surface area contributed by atoms with Gasteiger partial charge in [-0.25, -0.2) is 0 Å². The molecule has 1 amide bonds. The number of carbonyl (C=O) groups excluding carboxylic acids is 2. The Morgan fingerprint density at radius 2 is 1.67 bits per heavy atom. The fraction of sp³-hybridized carbons (Fsp3) is 0.0417. The van der Waals surface area contributed by atoms with Crippen molar-refractivity contribution in [2.45, 2.75) is 6.04 Å². The van der Waals surface area contributed by atoms with Crippen molar-refractivity contribution >= 4 is 28.3 Å². The van der Waals surface area contributed by atoms with Gasteiger partial charge in [-0.1, -0.05) is 36.4 Å². The molecular formula is C24H16N2O4. The van der Waals surface area contributed by atoms with E-state index in [-0.39, 0.29) is 11.3 Å². The molecule has 30 heavy (non-hydrogen) atoms. The number of ketones is 1. The number of anilines is 1. The van der Waals surface area contributed by atoms with Crippen LogP contribution in [0.1, 0.15) is 22.2 Å². The van der Waals surface area contributed by atoms with Gasteiger partial charge in [-0.3, -0.25) is 19.5 Å². The maximum atomic E-state index is 13.4. The molecule has 2 aromatic carbocycles. The number of aliphatic hydroxyl groups is 1. The number of aliphatic hydroxyl groups excluding tert-OH is 1. The van der Waals surface area contributed by atoms with Crippen LogP contribution in [0.2, 0.25) is 0 Å². The quantitative estimate of drug-likeness (QED) is 0.509. The molecule has 1 aliphatic rings. The molecule has 1 unspecified atom stereocenters. The van der Waals surface area contributed by atoms with Crippen LogP contribution in [0, 0.1) is 0 Å². The maximum Gasteiger partial charge on any atom is 0.294 e. The average molecular weight is 396 g/mol. The number of aromatic nitrogens is 1. The molecule has 0 saturated heterocycles. The molecule has 146 valence electrons. The van der Waals surface area contributed by atoms with E-state index in [1.165, 1.54) is 4.90 Å². The summed E-state index contributed by atoms with van der Waals surface area (Å²) in [6.07, 6.45) is 3.17. The molecule has 0 aliphatic carbocycles. The fourth-order valence-electron chi connectivity index (χ4n) is 3.78. The zero-order chi connectivity index (χ0) is 20.7. The third-order valence-corrected chi connectivity index (χ3v) is 5.16. The van der Waals surface area contributed by atoms with Gasteiger partial charge in [0, 0.05) is 23.5 Å². The highest BCUT2D eigenvalue weighted by molar-refractivity contribution is 6.20. The number of Topliss-reactive ketones (excluding diaryl/α,β-unsaturated/α-hetero) is 1. The van der Waals surface area contributed by atoms with E-state index in [0.29, 0.717) is 16.8 Å². The highest BCUT2D eigenvalue weighted by Gasteiger charge is 2.45. The highest BCUT2D eigenvalue weighted by atomic mass is 16.3. The van der Waals surface area contributed by atoms with Gasteiger partial charge in [0.1, 0.15) is 5.58 Å². The minimum absolute atomic E-state index is 0.0193. The third kappa shape index (κ3) is 2.78. The summed E-state index contributed by atoms with van der Waals surface area (Å²) in [7, 11) is 0. The van der Waals surface area contributed by atoms with E-state index >= 15 is 0 Å². The SMILES string of the molecule is O=C(C1=C(O)C(=O)N(c2ccccc2)C1c1ccncc1)c1cc2ccccc2o1. The summed E-state index contributed by atoms with van der Waals surface area (Å²) in [6.45, 7) is 0. The molecule has 0 radical (unpaired) electrons. The van der Waals surface area contributed by atoms with Gasteiger partial charge in [0.05, 0.1) is 11.6 Å². The van der Waals surface area contributed by atoms with Gasteiger partial charge in [0.2, 0.25) is 5.78 Å². The molecule has 4 aromatic rings. The number of hydrogen-bond acceptors (Lipinski definition) is 5. The summed E-state index contributed by atoms with van der Waals surface area (Å²) in [4.78, 5) is 31.9. The minimum atomic E-state index is -0.802. The van der Waals surface area contributed by atoms with Gasteiger partial charge < -0.3 is 9.52 Å². The van der Waals surface area contributed by atoms with Gasteiger partial charge in [0.25, 0.3) is 5.91 Å². The minimum Gasteiger partial charge on any atom is -0.503 e. The Balaban J connectivity index is 1.66. The number of hydrogen-bond donors (Lipinski definition) is 1. The first-order valence-electron chi connectivity index (χ1n) is 9.40. The van der Waals surface area contributed by atoms with Crippen molar-refractivity contribution in [3.05, 3.63) is 108 Å². The van der Waals surface area contributed by atoms with Crippen molar-refractivity contribution in [2.24, 2.45) is 0 Å². The van der Waals surface area contributed by atoms with Gasteiger partial charge in [-0.2, -0.15) is 0 Å². The Labute approximate surface area is 171 Å². The summed E-state index contributed by atoms with van der Waals surface area (Å²) in [5, 5.41) is 11.5. The van der Waals surface area contributed by atoms with E-state index < -0.39 is 23.5 Å². The molecule has 6 nitrogen and oxygen atoms in total. The zero-order valence-corrected chi connectivity index (χ0v) is 15.7. The molecule has 1 N–H and O–H groups in total. The smallest absolute Gasteiger partial charge is 0.294 e. The molecule has 0 bridgehead atoms. The largest absolute Gasteiger partial charge is 0.503 e. The molecule has 5 rings (SSSR count). The molecule has 6 heteroatoms. The number of amides is 1. The molecule has 1 aliphatic heterocycles. The lowest BCUT2D eigenvalue weighted by molar-refractivity contribution is -0.117. The Bertz CT molecular complexity index is 1260. The first-order chi connectivity index (χ1) is 14.6. The monoisotopic (exact) mass is 396 g/mol. The lowest BCUT2D eigenvalue weighted by Crippen LogP contribution is -2.31. The van der Waals surface area contributed by atoms with Crippen LogP contribution in [-0.2, 0) is 4.79 Å². The number of para-hydroxylation sites is 2. The Hall–Kier alpha value is -4.19. The van der Waals surface area contributed by atoms with Gasteiger partial charge >= 0.3 is 0 Å². The van der Waals surface area contributed by atoms with Crippen molar-refractivity contribution in [2.75, 3.05) is 4.90 Å². The molecule has 0 fully saturated rings. The number of benzene rings is 2. The van der Waals surface area contributed by atoms with Crippen molar-refractivity contribution in [3.8, 4) is 0 Å². The lowest BCUT2D eigenvalue weighted by Gasteiger charge is -2.26. The van der Waals surface area contributed by atoms with Crippen LogP contribution >= 0.6 is 0 Å². The normalized spacial score (nSPS) is 16.5. The number of rotatable bonds is 4. The molecule has 0 saturated carbocycles. The van der Waals surface area contributed by atoms with Crippen LogP contribution in [0.25, 0.3) is 11.0 Å². The number of fused-ring (bicyclic) bond motifs is 1. The van der Waals surface area contributed by atoms with E-state index in [1.54, 1.807) is 60.9 Å². The average Bonchev–Trinajstić information content (AvgIpc) is 3.34. The summed E-state index contributed by atoms with van der Waals surface area (Å²) in [5.74, 6) is -1.68. The van der Waals surface area contributed by atoms with Gasteiger partial charge in [0.15, 0.2) is 11.5 Å². The second kappa shape index (κ2) is 7.00. The standard InChI is InChI=1S/C24H16N2O4/c27-22(19-14-16-6-4-5-9-18(16)30-19)20-21(15-10-12-25-13-11-15)26(24(29)23(20)28)17-7-2-1-3-8-17/h1-14,21,28H. The second-order valence-corrected chi connectivity index (χ2v) is 6.93. The first kappa shape index (κ1) is 17.9. The molecule has 3 heterocycles. The summed E-state index contributed by atoms with van der Waals surface area (Å²) >= 11 is 0. The van der Waals surface area contributed by atoms with Crippen LogP contribution in [0.4, 0.5) is 5.69 Å². The summed E-state index contributed by atoms with van der Waals surface area (Å²) in [6, 6.07) is 20.5. The van der Waals surface area contributed by atoms with Crippen molar-refractivity contribution < 1.29 is 19.1 Å². The van der Waals surface area contributed by atoms with Gasteiger partial charge in [-0.05, 0) is 42.0 Å². The number of pyridine rings is 1. The van der Waals surface area contributed by atoms with Crippen molar-refractivity contribution in [3.63, 3.8) is 0 Å².